The van der Waals surface area contributed by atoms with E-state index in [1.807, 2.05) is 17.2 Å². The summed E-state index contributed by atoms with van der Waals surface area (Å²) in [7, 11) is 1.68. The van der Waals surface area contributed by atoms with Gasteiger partial charge in [-0.3, -0.25) is 4.98 Å². The Morgan fingerprint density at radius 3 is 2.82 bits per heavy atom. The van der Waals surface area contributed by atoms with Crippen LogP contribution in [0.15, 0.2) is 16.8 Å². The van der Waals surface area contributed by atoms with Gasteiger partial charge in [0.1, 0.15) is 11.4 Å². The van der Waals surface area contributed by atoms with Crippen LogP contribution in [0.4, 0.5) is 5.95 Å². The Morgan fingerprint density at radius 1 is 1.27 bits per heavy atom. The lowest BCUT2D eigenvalue weighted by atomic mass is 10.1. The fourth-order valence-corrected chi connectivity index (χ4v) is 2.65. The lowest BCUT2D eigenvalue weighted by Gasteiger charge is -2.24. The van der Waals surface area contributed by atoms with Crippen molar-refractivity contribution in [2.75, 3.05) is 38.3 Å². The van der Waals surface area contributed by atoms with E-state index in [0.717, 1.165) is 18.8 Å². The standard InChI is InChI=1S/C15H18N4O3/c1-20-13-8-12(16-9-11(13)10-2-3-10)14-17-15(18-22-14)19-4-6-21-7-5-19/h8-10H,2-7H2,1H3. The van der Waals surface area contributed by atoms with E-state index in [0.29, 0.717) is 36.7 Å². The molecule has 0 unspecified atom stereocenters. The van der Waals surface area contributed by atoms with Crippen LogP contribution in [-0.4, -0.2) is 48.5 Å². The van der Waals surface area contributed by atoms with E-state index in [9.17, 15) is 0 Å². The van der Waals surface area contributed by atoms with Crippen LogP contribution in [0.25, 0.3) is 11.6 Å². The second-order valence-electron chi connectivity index (χ2n) is 5.58. The van der Waals surface area contributed by atoms with Crippen molar-refractivity contribution in [3.63, 3.8) is 0 Å². The van der Waals surface area contributed by atoms with Gasteiger partial charge in [-0.15, -0.1) is 0 Å². The zero-order chi connectivity index (χ0) is 14.9. The predicted octanol–water partition coefficient (Wildman–Crippen LogP) is 1.85. The number of ether oxygens (including phenoxy) is 2. The number of aromatic nitrogens is 3. The number of methoxy groups -OCH3 is 1. The predicted molar refractivity (Wildman–Crippen MR) is 79.1 cm³/mol. The fraction of sp³-hybridized carbons (Fsp3) is 0.533. The third-order valence-electron chi connectivity index (χ3n) is 4.06. The van der Waals surface area contributed by atoms with E-state index < -0.39 is 0 Å². The molecule has 0 amide bonds. The molecule has 0 spiro atoms. The molecule has 7 nitrogen and oxygen atoms in total. The third-order valence-corrected chi connectivity index (χ3v) is 4.06. The van der Waals surface area contributed by atoms with Crippen molar-refractivity contribution in [2.24, 2.45) is 0 Å². The first-order valence-electron chi connectivity index (χ1n) is 7.56. The van der Waals surface area contributed by atoms with E-state index in [1.54, 1.807) is 7.11 Å². The molecular formula is C15H18N4O3. The molecular weight excluding hydrogens is 284 g/mol. The highest BCUT2D eigenvalue weighted by molar-refractivity contribution is 5.54. The number of nitrogens with zero attached hydrogens (tertiary/aromatic N) is 4. The molecule has 1 aliphatic carbocycles. The van der Waals surface area contributed by atoms with Gasteiger partial charge in [-0.25, -0.2) is 0 Å². The third kappa shape index (κ3) is 2.52. The first kappa shape index (κ1) is 13.5. The van der Waals surface area contributed by atoms with Crippen LogP contribution in [0.2, 0.25) is 0 Å². The second-order valence-corrected chi connectivity index (χ2v) is 5.58. The van der Waals surface area contributed by atoms with E-state index in [4.69, 9.17) is 14.0 Å². The Kier molecular flexibility index (Phi) is 3.42. The largest absolute Gasteiger partial charge is 0.496 e. The molecule has 0 N–H and O–H groups in total. The number of pyridine rings is 1. The number of rotatable bonds is 4. The van der Waals surface area contributed by atoms with Gasteiger partial charge >= 0.3 is 0 Å². The minimum absolute atomic E-state index is 0.419. The van der Waals surface area contributed by atoms with Crippen molar-refractivity contribution >= 4 is 5.95 Å². The van der Waals surface area contributed by atoms with E-state index in [2.05, 4.69) is 15.1 Å². The molecule has 22 heavy (non-hydrogen) atoms. The highest BCUT2D eigenvalue weighted by Crippen LogP contribution is 2.44. The lowest BCUT2D eigenvalue weighted by Crippen LogP contribution is -2.36. The van der Waals surface area contributed by atoms with Crippen LogP contribution in [0, 0.1) is 0 Å². The van der Waals surface area contributed by atoms with Gasteiger partial charge < -0.3 is 18.9 Å². The zero-order valence-corrected chi connectivity index (χ0v) is 12.5. The maximum atomic E-state index is 5.48. The number of morpholine rings is 1. The average Bonchev–Trinajstić information content (AvgIpc) is 3.31. The number of anilines is 1. The summed E-state index contributed by atoms with van der Waals surface area (Å²) in [5, 5.41) is 4.05. The molecule has 2 aromatic heterocycles. The molecule has 0 atom stereocenters. The highest BCUT2D eigenvalue weighted by atomic mass is 16.5. The summed E-state index contributed by atoms with van der Waals surface area (Å²) in [5.74, 6) is 2.44. The van der Waals surface area contributed by atoms with E-state index in [-0.39, 0.29) is 0 Å². The van der Waals surface area contributed by atoms with E-state index in [1.165, 1.54) is 18.4 Å². The SMILES string of the molecule is COc1cc(-c2nc(N3CCOCC3)no2)ncc1C1CC1. The molecule has 2 aliphatic rings. The van der Waals surface area contributed by atoms with Crippen LogP contribution in [0.5, 0.6) is 5.75 Å². The molecule has 1 aliphatic heterocycles. The Labute approximate surface area is 128 Å². The molecule has 0 radical (unpaired) electrons. The molecule has 116 valence electrons. The summed E-state index contributed by atoms with van der Waals surface area (Å²) in [6.45, 7) is 2.92. The molecule has 4 rings (SSSR count). The molecule has 7 heteroatoms. The van der Waals surface area contributed by atoms with Crippen LogP contribution in [0.1, 0.15) is 24.3 Å². The van der Waals surface area contributed by atoms with Gasteiger partial charge in [0.25, 0.3) is 11.8 Å². The summed E-state index contributed by atoms with van der Waals surface area (Å²) in [6, 6.07) is 1.88. The molecule has 0 aromatic carbocycles. The zero-order valence-electron chi connectivity index (χ0n) is 12.5. The van der Waals surface area contributed by atoms with Crippen molar-refractivity contribution in [3.8, 4) is 17.3 Å². The first-order valence-corrected chi connectivity index (χ1v) is 7.56. The highest BCUT2D eigenvalue weighted by Gasteiger charge is 2.28. The molecule has 2 aromatic rings. The first-order chi connectivity index (χ1) is 10.8. The Hall–Kier alpha value is -2.15. The Bertz CT molecular complexity index is 663. The molecule has 3 heterocycles. The fourth-order valence-electron chi connectivity index (χ4n) is 2.65. The maximum Gasteiger partial charge on any atom is 0.278 e. The van der Waals surface area contributed by atoms with Gasteiger partial charge in [0.05, 0.1) is 20.3 Å². The van der Waals surface area contributed by atoms with Gasteiger partial charge in [0.2, 0.25) is 0 Å². The maximum absolute atomic E-state index is 5.48. The summed E-state index contributed by atoms with van der Waals surface area (Å²) in [4.78, 5) is 10.9. The molecule has 0 bridgehead atoms. The average molecular weight is 302 g/mol. The second kappa shape index (κ2) is 5.57. The minimum atomic E-state index is 0.419. The minimum Gasteiger partial charge on any atom is -0.496 e. The summed E-state index contributed by atoms with van der Waals surface area (Å²) < 4.78 is 16.2. The van der Waals surface area contributed by atoms with Gasteiger partial charge in [-0.1, -0.05) is 0 Å². The van der Waals surface area contributed by atoms with Crippen molar-refractivity contribution < 1.29 is 14.0 Å². The smallest absolute Gasteiger partial charge is 0.278 e. The summed E-state index contributed by atoms with van der Waals surface area (Å²) in [6.07, 6.45) is 4.28. The number of hydrogen-bond acceptors (Lipinski definition) is 7. The monoisotopic (exact) mass is 302 g/mol. The topological polar surface area (TPSA) is 73.5 Å². The molecule has 2 fully saturated rings. The van der Waals surface area contributed by atoms with E-state index >= 15 is 0 Å². The van der Waals surface area contributed by atoms with Crippen LogP contribution < -0.4 is 9.64 Å². The van der Waals surface area contributed by atoms with Gasteiger partial charge in [0, 0.05) is 30.9 Å². The van der Waals surface area contributed by atoms with Gasteiger partial charge in [-0.2, -0.15) is 4.98 Å². The molecule has 1 saturated heterocycles. The Morgan fingerprint density at radius 2 is 2.09 bits per heavy atom. The van der Waals surface area contributed by atoms with Gasteiger partial charge in [0.15, 0.2) is 0 Å². The normalized spacial score (nSPS) is 18.5. The van der Waals surface area contributed by atoms with Crippen molar-refractivity contribution in [2.45, 2.75) is 18.8 Å². The van der Waals surface area contributed by atoms with Crippen molar-refractivity contribution in [1.29, 1.82) is 0 Å². The van der Waals surface area contributed by atoms with Gasteiger partial charge in [-0.05, 0) is 23.9 Å². The molecule has 1 saturated carbocycles. The summed E-state index contributed by atoms with van der Waals surface area (Å²) >= 11 is 0. The number of hydrogen-bond donors (Lipinski definition) is 0. The van der Waals surface area contributed by atoms with Crippen molar-refractivity contribution in [3.05, 3.63) is 17.8 Å². The van der Waals surface area contributed by atoms with Crippen LogP contribution >= 0.6 is 0 Å². The summed E-state index contributed by atoms with van der Waals surface area (Å²) in [5.41, 5.74) is 1.81. The van der Waals surface area contributed by atoms with Crippen LogP contribution in [0.3, 0.4) is 0 Å². The Balaban J connectivity index is 1.60. The quantitative estimate of drug-likeness (QED) is 0.853. The lowest BCUT2D eigenvalue weighted by molar-refractivity contribution is 0.121. The van der Waals surface area contributed by atoms with Crippen molar-refractivity contribution in [1.82, 2.24) is 15.1 Å². The van der Waals surface area contributed by atoms with Crippen LogP contribution in [-0.2, 0) is 4.74 Å².